The molecule has 0 spiro atoms. The van der Waals surface area contributed by atoms with Crippen LogP contribution >= 0.6 is 0 Å². The molecular formula is C15H30N2O2. The predicted molar refractivity (Wildman–Crippen MR) is 77.5 cm³/mol. The van der Waals surface area contributed by atoms with Gasteiger partial charge in [-0.1, -0.05) is 13.8 Å². The maximum Gasteiger partial charge on any atom is 0.0935 e. The Balaban J connectivity index is 1.74. The fraction of sp³-hybridized carbons (Fsp3) is 1.00. The van der Waals surface area contributed by atoms with Gasteiger partial charge in [0.05, 0.1) is 25.4 Å². The molecule has 0 aromatic carbocycles. The summed E-state index contributed by atoms with van der Waals surface area (Å²) in [6.45, 7) is 11.5. The van der Waals surface area contributed by atoms with Gasteiger partial charge in [-0.3, -0.25) is 4.90 Å². The SMILES string of the molecule is CCC1NC(C)CCC1OCC1CN(CC)CCO1. The van der Waals surface area contributed by atoms with E-state index in [1.54, 1.807) is 0 Å². The van der Waals surface area contributed by atoms with Crippen molar-refractivity contribution in [2.45, 2.75) is 64.3 Å². The molecule has 4 nitrogen and oxygen atoms in total. The number of nitrogens with one attached hydrogen (secondary N) is 1. The molecule has 0 radical (unpaired) electrons. The van der Waals surface area contributed by atoms with Crippen molar-refractivity contribution in [3.63, 3.8) is 0 Å². The van der Waals surface area contributed by atoms with Crippen LogP contribution in [0, 0.1) is 0 Å². The average molecular weight is 270 g/mol. The third-order valence-corrected chi connectivity index (χ3v) is 4.44. The summed E-state index contributed by atoms with van der Waals surface area (Å²) in [5.41, 5.74) is 0. The van der Waals surface area contributed by atoms with Gasteiger partial charge in [0.25, 0.3) is 0 Å². The Hall–Kier alpha value is -0.160. The lowest BCUT2D eigenvalue weighted by Gasteiger charge is -2.37. The molecule has 0 aromatic rings. The molecule has 0 saturated carbocycles. The summed E-state index contributed by atoms with van der Waals surface area (Å²) in [7, 11) is 0. The van der Waals surface area contributed by atoms with E-state index in [1.807, 2.05) is 0 Å². The molecule has 0 aromatic heterocycles. The second-order valence-corrected chi connectivity index (χ2v) is 5.92. The Bertz CT molecular complexity index is 263. The second-order valence-electron chi connectivity index (χ2n) is 5.92. The molecule has 4 heteroatoms. The number of likely N-dealkylation sites (N-methyl/N-ethyl adjacent to an activating group) is 1. The van der Waals surface area contributed by atoms with Crippen LogP contribution in [0.4, 0.5) is 0 Å². The van der Waals surface area contributed by atoms with Crippen LogP contribution in [0.2, 0.25) is 0 Å². The van der Waals surface area contributed by atoms with Gasteiger partial charge in [0, 0.05) is 25.2 Å². The van der Waals surface area contributed by atoms with Crippen LogP contribution in [0.25, 0.3) is 0 Å². The first-order valence-corrected chi connectivity index (χ1v) is 7.94. The predicted octanol–water partition coefficient (Wildman–Crippen LogP) is 1.64. The highest BCUT2D eigenvalue weighted by Gasteiger charge is 2.29. The number of ether oxygens (including phenoxy) is 2. The molecule has 2 aliphatic heterocycles. The average Bonchev–Trinajstić information content (AvgIpc) is 2.46. The van der Waals surface area contributed by atoms with E-state index in [9.17, 15) is 0 Å². The normalized spacial score (nSPS) is 37.4. The van der Waals surface area contributed by atoms with Crippen molar-refractivity contribution in [3.8, 4) is 0 Å². The van der Waals surface area contributed by atoms with E-state index in [-0.39, 0.29) is 6.10 Å². The Labute approximate surface area is 117 Å². The first-order chi connectivity index (χ1) is 9.22. The number of hydrogen-bond donors (Lipinski definition) is 1. The van der Waals surface area contributed by atoms with Crippen molar-refractivity contribution in [1.29, 1.82) is 0 Å². The van der Waals surface area contributed by atoms with Crippen molar-refractivity contribution in [3.05, 3.63) is 0 Å². The molecule has 19 heavy (non-hydrogen) atoms. The molecule has 0 aliphatic carbocycles. The van der Waals surface area contributed by atoms with Gasteiger partial charge < -0.3 is 14.8 Å². The molecule has 4 atom stereocenters. The number of hydrogen-bond acceptors (Lipinski definition) is 4. The minimum absolute atomic E-state index is 0.255. The second kappa shape index (κ2) is 7.58. The smallest absolute Gasteiger partial charge is 0.0935 e. The third kappa shape index (κ3) is 4.42. The first kappa shape index (κ1) is 15.2. The van der Waals surface area contributed by atoms with Crippen molar-refractivity contribution >= 4 is 0 Å². The van der Waals surface area contributed by atoms with Crippen LogP contribution in [0.3, 0.4) is 0 Å². The van der Waals surface area contributed by atoms with Crippen molar-refractivity contribution < 1.29 is 9.47 Å². The Morgan fingerprint density at radius 2 is 2.16 bits per heavy atom. The maximum absolute atomic E-state index is 6.15. The van der Waals surface area contributed by atoms with E-state index in [0.29, 0.717) is 18.2 Å². The highest BCUT2D eigenvalue weighted by Crippen LogP contribution is 2.19. The molecule has 4 unspecified atom stereocenters. The summed E-state index contributed by atoms with van der Waals surface area (Å²) in [4.78, 5) is 2.44. The highest BCUT2D eigenvalue weighted by atomic mass is 16.5. The van der Waals surface area contributed by atoms with Crippen molar-refractivity contribution in [2.75, 3.05) is 32.8 Å². The zero-order valence-electron chi connectivity index (χ0n) is 12.7. The summed E-state index contributed by atoms with van der Waals surface area (Å²) >= 11 is 0. The molecule has 2 rings (SSSR count). The number of rotatable bonds is 5. The molecule has 0 amide bonds. The molecule has 0 bridgehead atoms. The molecule has 1 N–H and O–H groups in total. The number of morpholine rings is 1. The summed E-state index contributed by atoms with van der Waals surface area (Å²) in [6, 6.07) is 1.14. The van der Waals surface area contributed by atoms with E-state index in [1.165, 1.54) is 12.8 Å². The first-order valence-electron chi connectivity index (χ1n) is 7.94. The Morgan fingerprint density at radius 1 is 1.32 bits per heavy atom. The van der Waals surface area contributed by atoms with Crippen LogP contribution in [-0.2, 0) is 9.47 Å². The van der Waals surface area contributed by atoms with Crippen molar-refractivity contribution in [1.82, 2.24) is 10.2 Å². The van der Waals surface area contributed by atoms with Gasteiger partial charge in [0.1, 0.15) is 0 Å². The molecule has 2 aliphatic rings. The van der Waals surface area contributed by atoms with E-state index in [0.717, 1.165) is 39.3 Å². The zero-order chi connectivity index (χ0) is 13.7. The van der Waals surface area contributed by atoms with E-state index >= 15 is 0 Å². The van der Waals surface area contributed by atoms with Crippen LogP contribution in [0.1, 0.15) is 40.0 Å². The molecule has 2 saturated heterocycles. The van der Waals surface area contributed by atoms with Crippen LogP contribution < -0.4 is 5.32 Å². The topological polar surface area (TPSA) is 33.7 Å². The Kier molecular flexibility index (Phi) is 6.07. The largest absolute Gasteiger partial charge is 0.374 e. The van der Waals surface area contributed by atoms with Gasteiger partial charge in [0.2, 0.25) is 0 Å². The molecule has 112 valence electrons. The quantitative estimate of drug-likeness (QED) is 0.823. The van der Waals surface area contributed by atoms with Gasteiger partial charge in [-0.25, -0.2) is 0 Å². The summed E-state index contributed by atoms with van der Waals surface area (Å²) < 4.78 is 12.0. The van der Waals surface area contributed by atoms with E-state index in [4.69, 9.17) is 9.47 Å². The molecule has 2 heterocycles. The van der Waals surface area contributed by atoms with Gasteiger partial charge in [-0.2, -0.15) is 0 Å². The summed E-state index contributed by atoms with van der Waals surface area (Å²) in [5, 5.41) is 3.65. The summed E-state index contributed by atoms with van der Waals surface area (Å²) in [5.74, 6) is 0. The van der Waals surface area contributed by atoms with Gasteiger partial charge in [0.15, 0.2) is 0 Å². The highest BCUT2D eigenvalue weighted by molar-refractivity contribution is 4.85. The lowest BCUT2D eigenvalue weighted by molar-refractivity contribution is -0.0960. The molecule has 2 fully saturated rings. The lowest BCUT2D eigenvalue weighted by Crippen LogP contribution is -2.51. The maximum atomic E-state index is 6.15. The monoisotopic (exact) mass is 270 g/mol. The van der Waals surface area contributed by atoms with Gasteiger partial charge in [-0.05, 0) is 32.7 Å². The van der Waals surface area contributed by atoms with Crippen LogP contribution in [0.15, 0.2) is 0 Å². The van der Waals surface area contributed by atoms with E-state index in [2.05, 4.69) is 31.0 Å². The fourth-order valence-electron chi connectivity index (χ4n) is 3.15. The zero-order valence-corrected chi connectivity index (χ0v) is 12.7. The molecular weight excluding hydrogens is 240 g/mol. The van der Waals surface area contributed by atoms with Crippen LogP contribution in [0.5, 0.6) is 0 Å². The van der Waals surface area contributed by atoms with Gasteiger partial charge in [-0.15, -0.1) is 0 Å². The minimum Gasteiger partial charge on any atom is -0.374 e. The van der Waals surface area contributed by atoms with Crippen molar-refractivity contribution in [2.24, 2.45) is 0 Å². The Morgan fingerprint density at radius 3 is 2.89 bits per heavy atom. The van der Waals surface area contributed by atoms with Gasteiger partial charge >= 0.3 is 0 Å². The van der Waals surface area contributed by atoms with E-state index < -0.39 is 0 Å². The van der Waals surface area contributed by atoms with Crippen LogP contribution in [-0.4, -0.2) is 62.0 Å². The summed E-state index contributed by atoms with van der Waals surface area (Å²) in [6.07, 6.45) is 4.15. The minimum atomic E-state index is 0.255. The third-order valence-electron chi connectivity index (χ3n) is 4.44. The lowest BCUT2D eigenvalue weighted by atomic mass is 9.95. The number of nitrogens with zero attached hydrogens (tertiary/aromatic N) is 1. The fourth-order valence-corrected chi connectivity index (χ4v) is 3.15. The number of piperidine rings is 1. The standard InChI is InChI=1S/C15H30N2O2/c1-4-14-15(7-6-12(3)16-14)19-11-13-10-17(5-2)8-9-18-13/h12-16H,4-11H2,1-3H3.